The zero-order valence-corrected chi connectivity index (χ0v) is 18.9. The van der Waals surface area contributed by atoms with Gasteiger partial charge >= 0.3 is 5.97 Å². The maximum absolute atomic E-state index is 12.7. The number of nitrogens with two attached hydrogens (primary N) is 3. The number of amides is 5. The minimum Gasteiger partial charge on any atom is -0.480 e. The third-order valence-electron chi connectivity index (χ3n) is 4.71. The van der Waals surface area contributed by atoms with Gasteiger partial charge in [0.1, 0.15) is 18.1 Å². The summed E-state index contributed by atoms with van der Waals surface area (Å²) in [6, 6.07) is -5.05. The normalized spacial score (nSPS) is 15.4. The molecule has 0 rings (SSSR count). The molecule has 5 unspecified atom stereocenters. The Balaban J connectivity index is 5.36. The summed E-state index contributed by atoms with van der Waals surface area (Å²) in [5.74, 6) is -5.94. The van der Waals surface area contributed by atoms with Gasteiger partial charge in [-0.15, -0.1) is 0 Å². The predicted octanol–water partition coefficient (Wildman–Crippen LogP) is -3.03. The average molecular weight is 477 g/mol. The maximum Gasteiger partial charge on any atom is 0.326 e. The van der Waals surface area contributed by atoms with Crippen LogP contribution in [0.1, 0.15) is 39.5 Å². The van der Waals surface area contributed by atoms with Crippen LogP contribution in [0.15, 0.2) is 0 Å². The van der Waals surface area contributed by atoms with Gasteiger partial charge in [0.15, 0.2) is 0 Å². The summed E-state index contributed by atoms with van der Waals surface area (Å²) in [5, 5.41) is 16.0. The van der Waals surface area contributed by atoms with E-state index in [1.807, 2.05) is 6.92 Å². The number of nitrogens with one attached hydrogen (secondary N) is 3. The molecule has 182 valence electrons. The molecule has 0 radical (unpaired) electrons. The smallest absolute Gasteiger partial charge is 0.326 e. The number of aliphatic carboxylic acids is 1. The van der Waals surface area contributed by atoms with Crippen molar-refractivity contribution < 1.29 is 33.9 Å². The number of carboxylic acids is 1. The molecule has 32 heavy (non-hydrogen) atoms. The highest BCUT2D eigenvalue weighted by atomic mass is 32.1. The number of hydrogen-bond donors (Lipinski definition) is 8. The minimum absolute atomic E-state index is 0.152. The highest BCUT2D eigenvalue weighted by Gasteiger charge is 2.31. The molecule has 0 aliphatic carbocycles. The van der Waals surface area contributed by atoms with Crippen LogP contribution in [0.5, 0.6) is 0 Å². The Hall–Kier alpha value is -2.87. The van der Waals surface area contributed by atoms with E-state index in [9.17, 15) is 28.8 Å². The second kappa shape index (κ2) is 14.2. The van der Waals surface area contributed by atoms with Crippen molar-refractivity contribution in [3.8, 4) is 0 Å². The summed E-state index contributed by atoms with van der Waals surface area (Å²) in [4.78, 5) is 70.8. The van der Waals surface area contributed by atoms with Crippen molar-refractivity contribution in [3.05, 3.63) is 0 Å². The van der Waals surface area contributed by atoms with Crippen LogP contribution in [-0.2, 0) is 28.8 Å². The van der Waals surface area contributed by atoms with Gasteiger partial charge in [-0.1, -0.05) is 20.3 Å². The van der Waals surface area contributed by atoms with E-state index in [1.54, 1.807) is 6.92 Å². The molecule has 10 N–H and O–H groups in total. The first-order valence-electron chi connectivity index (χ1n) is 9.90. The lowest BCUT2D eigenvalue weighted by molar-refractivity contribution is -0.143. The molecule has 0 aliphatic rings. The fraction of sp³-hybridized carbons (Fsp3) is 0.667. The predicted molar refractivity (Wildman–Crippen MR) is 117 cm³/mol. The van der Waals surface area contributed by atoms with E-state index in [0.717, 1.165) is 0 Å². The van der Waals surface area contributed by atoms with Crippen molar-refractivity contribution in [1.82, 2.24) is 16.0 Å². The van der Waals surface area contributed by atoms with Crippen LogP contribution in [0.4, 0.5) is 0 Å². The number of carbonyl (C=O) groups excluding carboxylic acids is 5. The second-order valence-electron chi connectivity index (χ2n) is 7.29. The van der Waals surface area contributed by atoms with E-state index in [2.05, 4.69) is 28.6 Å². The minimum atomic E-state index is -1.60. The standard InChI is InChI=1S/C18H32N6O7S/c1-3-8(2)14(21)17(29)22-9(4-5-12(19)25)15(27)24-11(7-32)16(28)23-10(18(30)31)6-13(20)26/h8-11,14,32H,3-7,21H2,1-2H3,(H2,19,25)(H2,20,26)(H,22,29)(H,23,28)(H,24,27)(H,30,31). The van der Waals surface area contributed by atoms with Crippen molar-refractivity contribution in [2.24, 2.45) is 23.1 Å². The summed E-state index contributed by atoms with van der Waals surface area (Å²) >= 11 is 3.97. The fourth-order valence-corrected chi connectivity index (χ4v) is 2.73. The Morgan fingerprint density at radius 2 is 1.38 bits per heavy atom. The Kier molecular flexibility index (Phi) is 13.0. The number of rotatable bonds is 15. The lowest BCUT2D eigenvalue weighted by atomic mass is 9.98. The van der Waals surface area contributed by atoms with E-state index in [0.29, 0.717) is 6.42 Å². The first-order valence-corrected chi connectivity index (χ1v) is 10.5. The molecule has 0 fully saturated rings. The molecule has 0 saturated heterocycles. The van der Waals surface area contributed by atoms with Crippen LogP contribution in [0, 0.1) is 5.92 Å². The molecule has 5 atom stereocenters. The lowest BCUT2D eigenvalue weighted by Crippen LogP contribution is -2.58. The number of carboxylic acid groups (broad SMARTS) is 1. The molecule has 13 nitrogen and oxygen atoms in total. The molecule has 14 heteroatoms. The molecular formula is C18H32N6O7S. The van der Waals surface area contributed by atoms with Gasteiger partial charge in [-0.05, 0) is 12.3 Å². The molecule has 0 bridgehead atoms. The molecule has 0 aromatic rings. The lowest BCUT2D eigenvalue weighted by Gasteiger charge is -2.25. The highest BCUT2D eigenvalue weighted by molar-refractivity contribution is 7.80. The van der Waals surface area contributed by atoms with Gasteiger partial charge in [-0.2, -0.15) is 12.6 Å². The monoisotopic (exact) mass is 476 g/mol. The van der Waals surface area contributed by atoms with E-state index < -0.39 is 66.1 Å². The molecule has 0 aromatic carbocycles. The van der Waals surface area contributed by atoms with Gasteiger partial charge in [0.25, 0.3) is 0 Å². The van der Waals surface area contributed by atoms with Crippen molar-refractivity contribution in [2.75, 3.05) is 5.75 Å². The molecule has 0 aromatic heterocycles. The first-order chi connectivity index (χ1) is 14.8. The summed E-state index contributed by atoms with van der Waals surface area (Å²) in [6.07, 6.45) is -0.418. The summed E-state index contributed by atoms with van der Waals surface area (Å²) in [7, 11) is 0. The third kappa shape index (κ3) is 10.4. The van der Waals surface area contributed by atoms with Gasteiger partial charge in [-0.25, -0.2) is 4.79 Å². The van der Waals surface area contributed by atoms with Gasteiger partial charge in [0.2, 0.25) is 29.5 Å². The van der Waals surface area contributed by atoms with Gasteiger partial charge < -0.3 is 38.3 Å². The first kappa shape index (κ1) is 29.1. The molecule has 0 spiro atoms. The van der Waals surface area contributed by atoms with Crippen LogP contribution in [0.25, 0.3) is 0 Å². The van der Waals surface area contributed by atoms with E-state index in [4.69, 9.17) is 22.3 Å². The highest BCUT2D eigenvalue weighted by Crippen LogP contribution is 2.07. The quantitative estimate of drug-likeness (QED) is 0.113. The molecule has 5 amide bonds. The van der Waals surface area contributed by atoms with Crippen LogP contribution >= 0.6 is 12.6 Å². The largest absolute Gasteiger partial charge is 0.480 e. The summed E-state index contributed by atoms with van der Waals surface area (Å²) in [5.41, 5.74) is 16.0. The van der Waals surface area contributed by atoms with Crippen molar-refractivity contribution in [3.63, 3.8) is 0 Å². The van der Waals surface area contributed by atoms with Crippen molar-refractivity contribution in [2.45, 2.75) is 63.7 Å². The van der Waals surface area contributed by atoms with Gasteiger partial charge in [0.05, 0.1) is 12.5 Å². The van der Waals surface area contributed by atoms with Gasteiger partial charge in [-0.3, -0.25) is 24.0 Å². The van der Waals surface area contributed by atoms with E-state index in [-0.39, 0.29) is 24.5 Å². The molecule has 0 heterocycles. The Morgan fingerprint density at radius 3 is 1.81 bits per heavy atom. The van der Waals surface area contributed by atoms with Crippen LogP contribution in [-0.4, -0.2) is 70.5 Å². The third-order valence-corrected chi connectivity index (χ3v) is 5.07. The zero-order chi connectivity index (χ0) is 25.0. The summed E-state index contributed by atoms with van der Waals surface area (Å²) in [6.45, 7) is 3.60. The average Bonchev–Trinajstić information content (AvgIpc) is 2.71. The van der Waals surface area contributed by atoms with Crippen molar-refractivity contribution in [1.29, 1.82) is 0 Å². The number of primary amides is 2. The molecule has 0 aliphatic heterocycles. The zero-order valence-electron chi connectivity index (χ0n) is 18.0. The van der Waals surface area contributed by atoms with Crippen molar-refractivity contribution >= 4 is 48.1 Å². The number of thiol groups is 1. The van der Waals surface area contributed by atoms with Gasteiger partial charge in [0, 0.05) is 12.2 Å². The van der Waals surface area contributed by atoms with E-state index >= 15 is 0 Å². The van der Waals surface area contributed by atoms with Crippen LogP contribution < -0.4 is 33.2 Å². The Bertz CT molecular complexity index is 720. The molecule has 0 saturated carbocycles. The SMILES string of the molecule is CCC(C)C(N)C(=O)NC(CCC(N)=O)C(=O)NC(CS)C(=O)NC(CC(N)=O)C(=O)O. The second-order valence-corrected chi connectivity index (χ2v) is 7.66. The summed E-state index contributed by atoms with van der Waals surface area (Å²) < 4.78 is 0. The Labute approximate surface area is 191 Å². The van der Waals surface area contributed by atoms with Crippen LogP contribution in [0.3, 0.4) is 0 Å². The molecular weight excluding hydrogens is 444 g/mol. The van der Waals surface area contributed by atoms with Crippen LogP contribution in [0.2, 0.25) is 0 Å². The topological polar surface area (TPSA) is 237 Å². The number of carbonyl (C=O) groups is 6. The number of hydrogen-bond acceptors (Lipinski definition) is 8. The maximum atomic E-state index is 12.7. The fourth-order valence-electron chi connectivity index (χ4n) is 2.48. The van der Waals surface area contributed by atoms with E-state index in [1.165, 1.54) is 0 Å². The Morgan fingerprint density at radius 1 is 0.875 bits per heavy atom.